The number of anilines is 2. The van der Waals surface area contributed by atoms with E-state index in [1.807, 2.05) is 26.0 Å². The molecule has 1 saturated carbocycles. The highest BCUT2D eigenvalue weighted by molar-refractivity contribution is 5.96. The Morgan fingerprint density at radius 3 is 2.31 bits per heavy atom. The van der Waals surface area contributed by atoms with Crippen molar-refractivity contribution in [3.63, 3.8) is 0 Å². The molecule has 1 aromatic rings. The van der Waals surface area contributed by atoms with Crippen LogP contribution in [0.4, 0.5) is 11.4 Å². The minimum Gasteiger partial charge on any atom is -0.399 e. The van der Waals surface area contributed by atoms with Gasteiger partial charge in [0.05, 0.1) is 0 Å². The Morgan fingerprint density at radius 2 is 1.88 bits per heavy atom. The SMILES string of the molecule is Cc1cc(N)cc(C)c1NC(=O)C1CC1C. The molecule has 2 atom stereocenters. The van der Waals surface area contributed by atoms with Crippen LogP contribution < -0.4 is 11.1 Å². The Hall–Kier alpha value is -1.51. The fraction of sp³-hybridized carbons (Fsp3) is 0.462. The molecule has 0 radical (unpaired) electrons. The first-order valence-corrected chi connectivity index (χ1v) is 5.66. The van der Waals surface area contributed by atoms with Crippen LogP contribution in [-0.4, -0.2) is 5.91 Å². The summed E-state index contributed by atoms with van der Waals surface area (Å²) in [6, 6.07) is 3.78. The lowest BCUT2D eigenvalue weighted by molar-refractivity contribution is -0.117. The van der Waals surface area contributed by atoms with Gasteiger partial charge >= 0.3 is 0 Å². The predicted molar refractivity (Wildman–Crippen MR) is 66.2 cm³/mol. The Balaban J connectivity index is 2.18. The Morgan fingerprint density at radius 1 is 1.38 bits per heavy atom. The number of hydrogen-bond donors (Lipinski definition) is 2. The Kier molecular flexibility index (Phi) is 2.62. The maximum atomic E-state index is 11.8. The summed E-state index contributed by atoms with van der Waals surface area (Å²) >= 11 is 0. The molecule has 86 valence electrons. The number of nitrogens with one attached hydrogen (secondary N) is 1. The van der Waals surface area contributed by atoms with Gasteiger partial charge in [-0.1, -0.05) is 6.92 Å². The maximum Gasteiger partial charge on any atom is 0.227 e. The standard InChI is InChI=1S/C13H18N2O/c1-7-6-11(7)13(16)15-12-8(2)4-10(14)5-9(12)3/h4-5,7,11H,6,14H2,1-3H3,(H,15,16). The summed E-state index contributed by atoms with van der Waals surface area (Å²) in [5.41, 5.74) is 9.45. The monoisotopic (exact) mass is 218 g/mol. The molecule has 3 heteroatoms. The molecule has 16 heavy (non-hydrogen) atoms. The van der Waals surface area contributed by atoms with Gasteiger partial charge in [0.1, 0.15) is 0 Å². The molecule has 1 aromatic carbocycles. The van der Waals surface area contributed by atoms with Gasteiger partial charge in [0, 0.05) is 17.3 Å². The second-order valence-electron chi connectivity index (χ2n) is 4.84. The van der Waals surface area contributed by atoms with E-state index >= 15 is 0 Å². The van der Waals surface area contributed by atoms with Crippen molar-refractivity contribution >= 4 is 17.3 Å². The summed E-state index contributed by atoms with van der Waals surface area (Å²) in [6.07, 6.45) is 1.01. The van der Waals surface area contributed by atoms with Crippen molar-refractivity contribution < 1.29 is 4.79 Å². The molecule has 1 amide bonds. The van der Waals surface area contributed by atoms with E-state index in [0.29, 0.717) is 5.92 Å². The van der Waals surface area contributed by atoms with Crippen LogP contribution in [0.3, 0.4) is 0 Å². The average Bonchev–Trinajstić information content (AvgIpc) is 2.88. The first kappa shape index (κ1) is 11.0. The van der Waals surface area contributed by atoms with Gasteiger partial charge in [-0.05, 0) is 49.4 Å². The fourth-order valence-corrected chi connectivity index (χ4v) is 2.10. The van der Waals surface area contributed by atoms with E-state index in [2.05, 4.69) is 12.2 Å². The van der Waals surface area contributed by atoms with Gasteiger partial charge in [-0.2, -0.15) is 0 Å². The predicted octanol–water partition coefficient (Wildman–Crippen LogP) is 2.48. The van der Waals surface area contributed by atoms with Crippen LogP contribution in [0.5, 0.6) is 0 Å². The van der Waals surface area contributed by atoms with Crippen molar-refractivity contribution in [1.82, 2.24) is 0 Å². The van der Waals surface area contributed by atoms with E-state index in [4.69, 9.17) is 5.73 Å². The van der Waals surface area contributed by atoms with Crippen molar-refractivity contribution in [1.29, 1.82) is 0 Å². The summed E-state index contributed by atoms with van der Waals surface area (Å²) in [7, 11) is 0. The van der Waals surface area contributed by atoms with Gasteiger partial charge in [-0.3, -0.25) is 4.79 Å². The highest BCUT2D eigenvalue weighted by Crippen LogP contribution is 2.39. The molecule has 2 unspecified atom stereocenters. The lowest BCUT2D eigenvalue weighted by Gasteiger charge is -2.12. The van der Waals surface area contributed by atoms with Crippen LogP contribution in [0.2, 0.25) is 0 Å². The quantitative estimate of drug-likeness (QED) is 0.749. The highest BCUT2D eigenvalue weighted by Gasteiger charge is 2.39. The first-order chi connectivity index (χ1) is 7.49. The molecule has 0 spiro atoms. The molecule has 0 aliphatic heterocycles. The number of nitrogens with two attached hydrogens (primary N) is 1. The van der Waals surface area contributed by atoms with E-state index in [1.54, 1.807) is 0 Å². The number of rotatable bonds is 2. The summed E-state index contributed by atoms with van der Waals surface area (Å²) in [6.45, 7) is 6.04. The Bertz CT molecular complexity index is 417. The highest BCUT2D eigenvalue weighted by atomic mass is 16.2. The number of amides is 1. The first-order valence-electron chi connectivity index (χ1n) is 5.66. The van der Waals surface area contributed by atoms with Gasteiger partial charge < -0.3 is 11.1 Å². The number of carbonyl (C=O) groups excluding carboxylic acids is 1. The van der Waals surface area contributed by atoms with E-state index in [9.17, 15) is 4.79 Å². The van der Waals surface area contributed by atoms with E-state index < -0.39 is 0 Å². The minimum atomic E-state index is 0.142. The van der Waals surface area contributed by atoms with E-state index in [1.165, 1.54) is 0 Å². The van der Waals surface area contributed by atoms with Crippen molar-refractivity contribution in [2.24, 2.45) is 11.8 Å². The second kappa shape index (κ2) is 3.81. The maximum absolute atomic E-state index is 11.8. The van der Waals surface area contributed by atoms with Crippen molar-refractivity contribution in [2.75, 3.05) is 11.1 Å². The molecule has 0 heterocycles. The van der Waals surface area contributed by atoms with Crippen LogP contribution in [0, 0.1) is 25.7 Å². The van der Waals surface area contributed by atoms with Crippen LogP contribution in [0.1, 0.15) is 24.5 Å². The molecule has 0 bridgehead atoms. The zero-order valence-electron chi connectivity index (χ0n) is 10.0. The molecule has 3 nitrogen and oxygen atoms in total. The molecule has 0 aromatic heterocycles. The molecule has 0 saturated heterocycles. The normalized spacial score (nSPS) is 22.9. The number of benzene rings is 1. The molecular weight excluding hydrogens is 200 g/mol. The number of hydrogen-bond acceptors (Lipinski definition) is 2. The third-order valence-electron chi connectivity index (χ3n) is 3.25. The summed E-state index contributed by atoms with van der Waals surface area (Å²) in [4.78, 5) is 11.8. The molecule has 1 fully saturated rings. The van der Waals surface area contributed by atoms with Gasteiger partial charge in [0.2, 0.25) is 5.91 Å². The van der Waals surface area contributed by atoms with Gasteiger partial charge in [-0.25, -0.2) is 0 Å². The second-order valence-corrected chi connectivity index (χ2v) is 4.84. The molecule has 2 rings (SSSR count). The number of carbonyl (C=O) groups is 1. The zero-order chi connectivity index (χ0) is 11.9. The van der Waals surface area contributed by atoms with E-state index in [0.717, 1.165) is 28.9 Å². The lowest BCUT2D eigenvalue weighted by atomic mass is 10.1. The molecule has 1 aliphatic rings. The summed E-state index contributed by atoms with van der Waals surface area (Å²) < 4.78 is 0. The average molecular weight is 218 g/mol. The summed E-state index contributed by atoms with van der Waals surface area (Å²) in [5, 5.41) is 3.00. The smallest absolute Gasteiger partial charge is 0.227 e. The minimum absolute atomic E-state index is 0.142. The molecule has 3 N–H and O–H groups in total. The number of aryl methyl sites for hydroxylation is 2. The zero-order valence-corrected chi connectivity index (χ0v) is 10.0. The third kappa shape index (κ3) is 2.03. The fourth-order valence-electron chi connectivity index (χ4n) is 2.10. The summed E-state index contributed by atoms with van der Waals surface area (Å²) in [5.74, 6) is 0.884. The van der Waals surface area contributed by atoms with Gasteiger partial charge in [0.15, 0.2) is 0 Å². The van der Waals surface area contributed by atoms with Crippen molar-refractivity contribution in [2.45, 2.75) is 27.2 Å². The molecule has 1 aliphatic carbocycles. The van der Waals surface area contributed by atoms with Crippen LogP contribution in [-0.2, 0) is 4.79 Å². The lowest BCUT2D eigenvalue weighted by Crippen LogP contribution is -2.16. The topological polar surface area (TPSA) is 55.1 Å². The Labute approximate surface area is 96.0 Å². The van der Waals surface area contributed by atoms with Crippen molar-refractivity contribution in [3.8, 4) is 0 Å². The van der Waals surface area contributed by atoms with E-state index in [-0.39, 0.29) is 11.8 Å². The molecular formula is C13H18N2O. The third-order valence-corrected chi connectivity index (χ3v) is 3.25. The van der Waals surface area contributed by atoms with Crippen LogP contribution >= 0.6 is 0 Å². The number of nitrogen functional groups attached to an aromatic ring is 1. The van der Waals surface area contributed by atoms with Gasteiger partial charge in [0.25, 0.3) is 0 Å². The van der Waals surface area contributed by atoms with Gasteiger partial charge in [-0.15, -0.1) is 0 Å². The van der Waals surface area contributed by atoms with Crippen LogP contribution in [0.25, 0.3) is 0 Å². The largest absolute Gasteiger partial charge is 0.399 e. The van der Waals surface area contributed by atoms with Crippen molar-refractivity contribution in [3.05, 3.63) is 23.3 Å². The van der Waals surface area contributed by atoms with Crippen LogP contribution in [0.15, 0.2) is 12.1 Å².